The van der Waals surface area contributed by atoms with Gasteiger partial charge in [0, 0.05) is 16.9 Å². The molecule has 3 rings (SSSR count). The van der Waals surface area contributed by atoms with Gasteiger partial charge in [-0.25, -0.2) is 0 Å². The Kier molecular flexibility index (Phi) is 5.37. The van der Waals surface area contributed by atoms with Crippen molar-refractivity contribution in [3.8, 4) is 6.07 Å². The van der Waals surface area contributed by atoms with E-state index >= 15 is 0 Å². The lowest BCUT2D eigenvalue weighted by molar-refractivity contribution is 1.40. The summed E-state index contributed by atoms with van der Waals surface area (Å²) in [5.74, 6) is 0. The highest BCUT2D eigenvalue weighted by Gasteiger charge is 2.12. The van der Waals surface area contributed by atoms with Crippen molar-refractivity contribution in [2.45, 2.75) is 13.8 Å². The van der Waals surface area contributed by atoms with E-state index in [0.29, 0.717) is 10.6 Å². The molecule has 0 unspecified atom stereocenters. The number of hydrogen-bond donors (Lipinski definition) is 1. The molecule has 26 heavy (non-hydrogen) atoms. The highest BCUT2D eigenvalue weighted by Crippen LogP contribution is 2.28. The van der Waals surface area contributed by atoms with Crippen LogP contribution in [0.15, 0.2) is 60.7 Å². The third-order valence-electron chi connectivity index (χ3n) is 4.24. The molecule has 0 radical (unpaired) electrons. The van der Waals surface area contributed by atoms with Crippen LogP contribution in [0.1, 0.15) is 27.8 Å². The van der Waals surface area contributed by atoms with Crippen LogP contribution in [0.3, 0.4) is 0 Å². The van der Waals surface area contributed by atoms with Crippen molar-refractivity contribution in [3.63, 3.8) is 0 Å². The van der Waals surface area contributed by atoms with Gasteiger partial charge in [-0.1, -0.05) is 48.1 Å². The second-order valence-electron chi connectivity index (χ2n) is 6.11. The number of rotatable bonds is 4. The lowest BCUT2D eigenvalue weighted by Crippen LogP contribution is -2.03. The molecule has 3 aromatic rings. The number of benzene rings is 3. The predicted octanol–water partition coefficient (Wildman–Crippen LogP) is 6.34. The first-order chi connectivity index (χ1) is 12.5. The van der Waals surface area contributed by atoms with Gasteiger partial charge in [0.05, 0.1) is 21.5 Å². The van der Waals surface area contributed by atoms with Crippen molar-refractivity contribution in [2.75, 3.05) is 5.32 Å². The number of halogens is 1. The molecule has 0 aliphatic carbocycles. The van der Waals surface area contributed by atoms with E-state index in [1.807, 2.05) is 68.4 Å². The third kappa shape index (κ3) is 3.77. The molecule has 0 heterocycles. The molecule has 0 aliphatic rings. The molecule has 0 saturated carbocycles. The maximum absolute atomic E-state index is 8.97. The summed E-state index contributed by atoms with van der Waals surface area (Å²) in [7, 11) is 0. The van der Waals surface area contributed by atoms with Gasteiger partial charge in [0.1, 0.15) is 0 Å². The summed E-state index contributed by atoms with van der Waals surface area (Å²) in [6.07, 6.45) is 0. The summed E-state index contributed by atoms with van der Waals surface area (Å²) in [6, 6.07) is 21.5. The van der Waals surface area contributed by atoms with Gasteiger partial charge >= 0.3 is 0 Å². The van der Waals surface area contributed by atoms with Crippen molar-refractivity contribution >= 4 is 40.1 Å². The quantitative estimate of drug-likeness (QED) is 0.426. The Morgan fingerprint density at radius 1 is 0.962 bits per heavy atom. The molecule has 1 N–H and O–H groups in total. The summed E-state index contributed by atoms with van der Waals surface area (Å²) < 4.78 is 0. The van der Waals surface area contributed by atoms with E-state index in [0.717, 1.165) is 38.5 Å². The number of nitriles is 1. The highest BCUT2D eigenvalue weighted by atomic mass is 35.5. The third-order valence-corrected chi connectivity index (χ3v) is 4.99. The van der Waals surface area contributed by atoms with Crippen LogP contribution in [0.4, 0.5) is 11.4 Å². The zero-order valence-corrected chi connectivity index (χ0v) is 16.1. The first kappa shape index (κ1) is 18.1. The Hall–Kier alpha value is -2.67. The average molecular weight is 377 g/mol. The minimum absolute atomic E-state index is 0.606. The number of anilines is 2. The van der Waals surface area contributed by atoms with E-state index in [1.165, 1.54) is 0 Å². The van der Waals surface area contributed by atoms with E-state index in [1.54, 1.807) is 6.07 Å². The zero-order valence-electron chi connectivity index (χ0n) is 14.5. The number of aryl methyl sites for hydroxylation is 2. The van der Waals surface area contributed by atoms with Crippen LogP contribution in [0.2, 0.25) is 5.02 Å². The Balaban J connectivity index is 1.88. The molecular formula is C22H17ClN2S. The van der Waals surface area contributed by atoms with Crippen molar-refractivity contribution < 1.29 is 0 Å². The van der Waals surface area contributed by atoms with Gasteiger partial charge in [0.25, 0.3) is 0 Å². The Labute approximate surface area is 164 Å². The first-order valence-corrected chi connectivity index (χ1v) is 8.96. The number of nitrogens with one attached hydrogen (secondary N) is 1. The molecule has 128 valence electrons. The highest BCUT2D eigenvalue weighted by molar-refractivity contribution is 7.81. The van der Waals surface area contributed by atoms with Crippen LogP contribution in [-0.2, 0) is 0 Å². The molecule has 3 aromatic carbocycles. The monoisotopic (exact) mass is 376 g/mol. The van der Waals surface area contributed by atoms with Crippen LogP contribution in [0.5, 0.6) is 0 Å². The minimum atomic E-state index is 0.606. The predicted molar refractivity (Wildman–Crippen MR) is 113 cm³/mol. The Morgan fingerprint density at radius 2 is 1.73 bits per heavy atom. The number of thiocarbonyl (C=S) groups is 1. The van der Waals surface area contributed by atoms with Gasteiger partial charge in [0.2, 0.25) is 0 Å². The number of nitrogens with zero attached hydrogens (tertiary/aromatic N) is 1. The van der Waals surface area contributed by atoms with Gasteiger partial charge in [0.15, 0.2) is 0 Å². The molecule has 0 saturated heterocycles. The summed E-state index contributed by atoms with van der Waals surface area (Å²) in [5, 5.41) is 12.9. The van der Waals surface area contributed by atoms with E-state index < -0.39 is 0 Å². The fourth-order valence-corrected chi connectivity index (χ4v) is 3.52. The minimum Gasteiger partial charge on any atom is -0.355 e. The van der Waals surface area contributed by atoms with Gasteiger partial charge in [-0.3, -0.25) is 0 Å². The average Bonchev–Trinajstić information content (AvgIpc) is 2.63. The van der Waals surface area contributed by atoms with Crippen molar-refractivity contribution in [1.82, 2.24) is 0 Å². The van der Waals surface area contributed by atoms with Gasteiger partial charge in [-0.2, -0.15) is 5.26 Å². The standard InChI is InChI=1S/C22H17ClN2S/c1-14-5-3-4-6-18(14)22(26)19-9-8-17(12-20(19)23)25-21-10-7-16(13-24)11-15(21)2/h3-12,25H,1-2H3. The van der Waals surface area contributed by atoms with E-state index in [4.69, 9.17) is 29.1 Å². The first-order valence-electron chi connectivity index (χ1n) is 8.17. The Bertz CT molecular complexity index is 1030. The Morgan fingerprint density at radius 3 is 2.38 bits per heavy atom. The van der Waals surface area contributed by atoms with Crippen LogP contribution >= 0.6 is 23.8 Å². The lowest BCUT2D eigenvalue weighted by atomic mass is 10.00. The molecule has 0 aromatic heterocycles. The molecule has 0 fully saturated rings. The smallest absolute Gasteiger partial charge is 0.0991 e. The molecule has 2 nitrogen and oxygen atoms in total. The summed E-state index contributed by atoms with van der Waals surface area (Å²) in [4.78, 5) is 0.745. The van der Waals surface area contributed by atoms with Gasteiger partial charge < -0.3 is 5.32 Å². The molecule has 0 amide bonds. The second-order valence-corrected chi connectivity index (χ2v) is 6.92. The van der Waals surface area contributed by atoms with Crippen molar-refractivity contribution in [2.24, 2.45) is 0 Å². The summed E-state index contributed by atoms with van der Waals surface area (Å²) in [5.41, 5.74) is 6.45. The van der Waals surface area contributed by atoms with E-state index in [-0.39, 0.29) is 0 Å². The molecule has 0 bridgehead atoms. The largest absolute Gasteiger partial charge is 0.355 e. The maximum atomic E-state index is 8.97. The second kappa shape index (κ2) is 7.70. The summed E-state index contributed by atoms with van der Waals surface area (Å²) in [6.45, 7) is 4.01. The van der Waals surface area contributed by atoms with Crippen molar-refractivity contribution in [1.29, 1.82) is 5.26 Å². The topological polar surface area (TPSA) is 35.8 Å². The van der Waals surface area contributed by atoms with E-state index in [2.05, 4.69) is 11.4 Å². The SMILES string of the molecule is Cc1cc(C#N)ccc1Nc1ccc(C(=S)c2ccccc2C)c(Cl)c1. The normalized spacial score (nSPS) is 10.2. The molecule has 4 heteroatoms. The van der Waals surface area contributed by atoms with Gasteiger partial charge in [-0.15, -0.1) is 0 Å². The fraction of sp³-hybridized carbons (Fsp3) is 0.0909. The van der Waals surface area contributed by atoms with Gasteiger partial charge in [-0.05, 0) is 66.9 Å². The molecular weight excluding hydrogens is 360 g/mol. The molecule has 0 atom stereocenters. The molecule has 0 aliphatic heterocycles. The van der Waals surface area contributed by atoms with Crippen LogP contribution < -0.4 is 5.32 Å². The van der Waals surface area contributed by atoms with E-state index in [9.17, 15) is 0 Å². The summed E-state index contributed by atoms with van der Waals surface area (Å²) >= 11 is 12.2. The van der Waals surface area contributed by atoms with Crippen LogP contribution in [0.25, 0.3) is 0 Å². The van der Waals surface area contributed by atoms with Crippen molar-refractivity contribution in [3.05, 3.63) is 93.5 Å². The van der Waals surface area contributed by atoms with Crippen LogP contribution in [-0.4, -0.2) is 4.86 Å². The zero-order chi connectivity index (χ0) is 18.7. The maximum Gasteiger partial charge on any atom is 0.0991 e. The number of hydrogen-bond acceptors (Lipinski definition) is 3. The van der Waals surface area contributed by atoms with Crippen LogP contribution in [0, 0.1) is 25.2 Å². The lowest BCUT2D eigenvalue weighted by Gasteiger charge is -2.13. The fourth-order valence-electron chi connectivity index (χ4n) is 2.78. The molecule has 0 spiro atoms.